The van der Waals surface area contributed by atoms with Gasteiger partial charge in [0.15, 0.2) is 0 Å². The van der Waals surface area contributed by atoms with Crippen LogP contribution in [0.4, 0.5) is 0 Å². The molecule has 0 aliphatic heterocycles. The number of hydrogen-bond acceptors (Lipinski definition) is 1. The molecule has 0 aliphatic carbocycles. The number of rotatable bonds is 8. The maximum Gasteiger partial charge on any atom is 0.0624 e. The molecular weight excluding hydrogens is 182 g/mol. The fraction of sp³-hybridized carbons (Fsp3) is 0.500. The van der Waals surface area contributed by atoms with Crippen LogP contribution < -0.4 is 0 Å². The third-order valence-electron chi connectivity index (χ3n) is 1.97. The van der Waals surface area contributed by atoms with Gasteiger partial charge in [-0.25, -0.2) is 0 Å². The second-order valence-electron chi connectivity index (χ2n) is 3.40. The summed E-state index contributed by atoms with van der Waals surface area (Å²) in [5.74, 6) is 0. The second kappa shape index (κ2) is 12.7. The number of nitrogens with zero attached hydrogens (tertiary/aromatic N) is 1. The van der Waals surface area contributed by atoms with Crippen LogP contribution in [0, 0.1) is 11.3 Å². The summed E-state index contributed by atoms with van der Waals surface area (Å²) in [6.45, 7) is 2.20. The van der Waals surface area contributed by atoms with Crippen LogP contribution in [0.2, 0.25) is 0 Å². The largest absolute Gasteiger partial charge is 0.198 e. The highest BCUT2D eigenvalue weighted by molar-refractivity contribution is 5.04. The Hall–Kier alpha value is -1.29. The molecule has 15 heavy (non-hydrogen) atoms. The molecule has 0 aromatic rings. The van der Waals surface area contributed by atoms with Crippen molar-refractivity contribution < 1.29 is 0 Å². The molecule has 0 heterocycles. The van der Waals surface area contributed by atoms with Crippen LogP contribution in [0.3, 0.4) is 0 Å². The maximum absolute atomic E-state index is 8.30. The average molecular weight is 203 g/mol. The van der Waals surface area contributed by atoms with Crippen LogP contribution in [0.5, 0.6) is 0 Å². The smallest absolute Gasteiger partial charge is 0.0624 e. The van der Waals surface area contributed by atoms with Crippen molar-refractivity contribution in [2.24, 2.45) is 0 Å². The van der Waals surface area contributed by atoms with Crippen LogP contribution in [0.25, 0.3) is 0 Å². The monoisotopic (exact) mass is 203 g/mol. The first-order valence-corrected chi connectivity index (χ1v) is 5.75. The zero-order chi connectivity index (χ0) is 11.2. The van der Waals surface area contributed by atoms with E-state index in [0.29, 0.717) is 6.42 Å². The van der Waals surface area contributed by atoms with E-state index in [1.165, 1.54) is 19.3 Å². The zero-order valence-corrected chi connectivity index (χ0v) is 9.65. The van der Waals surface area contributed by atoms with Crippen molar-refractivity contribution in [3.63, 3.8) is 0 Å². The Morgan fingerprint density at radius 1 is 1.00 bits per heavy atom. The van der Waals surface area contributed by atoms with E-state index in [0.717, 1.165) is 12.8 Å². The molecule has 1 nitrogen and oxygen atoms in total. The van der Waals surface area contributed by atoms with Gasteiger partial charge in [-0.2, -0.15) is 5.26 Å². The molecule has 0 aromatic heterocycles. The molecule has 0 fully saturated rings. The summed E-state index contributed by atoms with van der Waals surface area (Å²) < 4.78 is 0. The van der Waals surface area contributed by atoms with Crippen LogP contribution in [-0.4, -0.2) is 0 Å². The molecule has 0 aromatic carbocycles. The van der Waals surface area contributed by atoms with Gasteiger partial charge in [0.05, 0.1) is 6.07 Å². The molecule has 0 radical (unpaired) electrons. The number of hydrogen-bond donors (Lipinski definition) is 0. The van der Waals surface area contributed by atoms with E-state index >= 15 is 0 Å². The Morgan fingerprint density at radius 2 is 1.80 bits per heavy atom. The lowest BCUT2D eigenvalue weighted by atomic mass is 10.2. The summed E-state index contributed by atoms with van der Waals surface area (Å²) in [6.07, 6.45) is 18.9. The van der Waals surface area contributed by atoms with E-state index in [4.69, 9.17) is 5.26 Å². The number of unbranched alkanes of at least 4 members (excludes halogenated alkanes) is 3. The summed E-state index contributed by atoms with van der Waals surface area (Å²) in [7, 11) is 0. The molecule has 1 heteroatoms. The van der Waals surface area contributed by atoms with E-state index in [1.807, 2.05) is 0 Å². The highest BCUT2D eigenvalue weighted by Gasteiger charge is 1.77. The first-order chi connectivity index (χ1) is 7.41. The van der Waals surface area contributed by atoms with Crippen molar-refractivity contribution >= 4 is 0 Å². The van der Waals surface area contributed by atoms with Crippen molar-refractivity contribution in [3.05, 3.63) is 36.5 Å². The SMILES string of the molecule is CCCC/C=C/C=C/C/C=C/CCC#N. The predicted molar refractivity (Wildman–Crippen MR) is 66.4 cm³/mol. The highest BCUT2D eigenvalue weighted by Crippen LogP contribution is 1.96. The topological polar surface area (TPSA) is 23.8 Å². The molecule has 0 saturated carbocycles. The normalized spacial score (nSPS) is 11.7. The molecular formula is C14H21N. The van der Waals surface area contributed by atoms with E-state index in [1.54, 1.807) is 0 Å². The molecule has 0 bridgehead atoms. The Kier molecular flexibility index (Phi) is 11.6. The number of nitriles is 1. The van der Waals surface area contributed by atoms with Crippen LogP contribution >= 0.6 is 0 Å². The molecule has 0 unspecified atom stereocenters. The number of allylic oxidation sites excluding steroid dienone is 6. The van der Waals surface area contributed by atoms with Gasteiger partial charge in [-0.1, -0.05) is 56.2 Å². The van der Waals surface area contributed by atoms with Crippen LogP contribution in [0.1, 0.15) is 45.4 Å². The Morgan fingerprint density at radius 3 is 2.53 bits per heavy atom. The molecule has 0 atom stereocenters. The fourth-order valence-corrected chi connectivity index (χ4v) is 1.09. The van der Waals surface area contributed by atoms with Gasteiger partial charge in [0.25, 0.3) is 0 Å². The first-order valence-electron chi connectivity index (χ1n) is 5.75. The van der Waals surface area contributed by atoms with E-state index in [-0.39, 0.29) is 0 Å². The summed E-state index contributed by atoms with van der Waals surface area (Å²) >= 11 is 0. The fourth-order valence-electron chi connectivity index (χ4n) is 1.09. The Labute approximate surface area is 93.8 Å². The second-order valence-corrected chi connectivity index (χ2v) is 3.40. The average Bonchev–Trinajstić information content (AvgIpc) is 2.26. The maximum atomic E-state index is 8.30. The van der Waals surface area contributed by atoms with Crippen molar-refractivity contribution in [3.8, 4) is 6.07 Å². The van der Waals surface area contributed by atoms with Gasteiger partial charge < -0.3 is 0 Å². The van der Waals surface area contributed by atoms with Gasteiger partial charge in [-0.3, -0.25) is 0 Å². The molecule has 82 valence electrons. The summed E-state index contributed by atoms with van der Waals surface area (Å²) in [4.78, 5) is 0. The summed E-state index contributed by atoms with van der Waals surface area (Å²) in [5.41, 5.74) is 0. The summed E-state index contributed by atoms with van der Waals surface area (Å²) in [6, 6.07) is 2.12. The molecule has 0 saturated heterocycles. The van der Waals surface area contributed by atoms with Crippen molar-refractivity contribution in [1.29, 1.82) is 5.26 Å². The molecule has 0 amide bonds. The minimum Gasteiger partial charge on any atom is -0.198 e. The molecule has 0 N–H and O–H groups in total. The lowest BCUT2D eigenvalue weighted by Crippen LogP contribution is -1.66. The standard InChI is InChI=1S/C14H21N/c1-2-3-4-5-6-7-8-9-10-11-12-13-14-15/h5-8,10-11H,2-4,9,12-13H2,1H3/b6-5+,8-7+,11-10+. The minimum atomic E-state index is 0.622. The summed E-state index contributed by atoms with van der Waals surface area (Å²) in [5, 5.41) is 8.30. The first kappa shape index (κ1) is 13.7. The van der Waals surface area contributed by atoms with Gasteiger partial charge >= 0.3 is 0 Å². The van der Waals surface area contributed by atoms with E-state index in [2.05, 4.69) is 49.4 Å². The van der Waals surface area contributed by atoms with Crippen molar-refractivity contribution in [2.75, 3.05) is 0 Å². The predicted octanol–water partition coefficient (Wildman–Crippen LogP) is 4.54. The lowest BCUT2D eigenvalue weighted by Gasteiger charge is -1.85. The van der Waals surface area contributed by atoms with Gasteiger partial charge in [0.2, 0.25) is 0 Å². The lowest BCUT2D eigenvalue weighted by molar-refractivity contribution is 0.815. The van der Waals surface area contributed by atoms with Crippen LogP contribution in [0.15, 0.2) is 36.5 Å². The van der Waals surface area contributed by atoms with Crippen molar-refractivity contribution in [2.45, 2.75) is 45.4 Å². The third kappa shape index (κ3) is 12.7. The van der Waals surface area contributed by atoms with E-state index < -0.39 is 0 Å². The van der Waals surface area contributed by atoms with Gasteiger partial charge in [-0.15, -0.1) is 0 Å². The van der Waals surface area contributed by atoms with Gasteiger partial charge in [0, 0.05) is 6.42 Å². The van der Waals surface area contributed by atoms with E-state index in [9.17, 15) is 0 Å². The third-order valence-corrected chi connectivity index (χ3v) is 1.97. The van der Waals surface area contributed by atoms with Gasteiger partial charge in [0.1, 0.15) is 0 Å². The quantitative estimate of drug-likeness (QED) is 0.323. The highest BCUT2D eigenvalue weighted by atomic mass is 14.2. The molecule has 0 rings (SSSR count). The Bertz CT molecular complexity index is 241. The van der Waals surface area contributed by atoms with Gasteiger partial charge in [-0.05, 0) is 19.3 Å². The zero-order valence-electron chi connectivity index (χ0n) is 9.65. The minimum absolute atomic E-state index is 0.622. The molecule has 0 aliphatic rings. The molecule has 0 spiro atoms. The van der Waals surface area contributed by atoms with Crippen molar-refractivity contribution in [1.82, 2.24) is 0 Å². The van der Waals surface area contributed by atoms with Crippen LogP contribution in [-0.2, 0) is 0 Å². The Balaban J connectivity index is 3.34.